The third-order valence-corrected chi connectivity index (χ3v) is 2.06. The van der Waals surface area contributed by atoms with Gasteiger partial charge in [0.2, 0.25) is 11.8 Å². The van der Waals surface area contributed by atoms with Gasteiger partial charge in [0, 0.05) is 25.9 Å². The monoisotopic (exact) mass is 243 g/mol. The van der Waals surface area contributed by atoms with Crippen LogP contribution in [0.3, 0.4) is 0 Å². The van der Waals surface area contributed by atoms with E-state index >= 15 is 0 Å². The number of hydrogen-bond donors (Lipinski definition) is 3. The van der Waals surface area contributed by atoms with E-state index in [1.54, 1.807) is 0 Å². The first-order valence-corrected chi connectivity index (χ1v) is 5.77. The highest BCUT2D eigenvalue weighted by Crippen LogP contribution is 1.96. The van der Waals surface area contributed by atoms with Gasteiger partial charge in [-0.2, -0.15) is 0 Å². The van der Waals surface area contributed by atoms with Gasteiger partial charge in [0.25, 0.3) is 0 Å². The van der Waals surface area contributed by atoms with Crippen molar-refractivity contribution in [2.45, 2.75) is 39.2 Å². The lowest BCUT2D eigenvalue weighted by molar-refractivity contribution is -0.131. The van der Waals surface area contributed by atoms with Crippen LogP contribution in [-0.2, 0) is 14.4 Å². The largest absolute Gasteiger partial charge is 0.353 e. The van der Waals surface area contributed by atoms with Gasteiger partial charge in [0.1, 0.15) is 11.8 Å². The molecule has 0 aliphatic rings. The summed E-state index contributed by atoms with van der Waals surface area (Å²) in [6, 6.07) is -0.793. The SMILES string of the molecule is CCCC(=O)NC(CC(C)=O)C(=O)NCCN. The molecule has 1 atom stereocenters. The van der Waals surface area contributed by atoms with Gasteiger partial charge in [-0.3, -0.25) is 14.4 Å². The highest BCUT2D eigenvalue weighted by molar-refractivity contribution is 5.91. The molecule has 0 aliphatic heterocycles. The molecule has 0 saturated heterocycles. The van der Waals surface area contributed by atoms with E-state index in [4.69, 9.17) is 5.73 Å². The molecule has 0 saturated carbocycles. The van der Waals surface area contributed by atoms with Crippen LogP contribution in [0, 0.1) is 0 Å². The molecular weight excluding hydrogens is 222 g/mol. The second kappa shape index (κ2) is 8.69. The molecule has 6 heteroatoms. The van der Waals surface area contributed by atoms with Gasteiger partial charge in [-0.25, -0.2) is 0 Å². The molecule has 1 unspecified atom stereocenters. The smallest absolute Gasteiger partial charge is 0.243 e. The van der Waals surface area contributed by atoms with Gasteiger partial charge < -0.3 is 16.4 Å². The number of nitrogens with two attached hydrogens (primary N) is 1. The Morgan fingerprint density at radius 2 is 1.94 bits per heavy atom. The van der Waals surface area contributed by atoms with Gasteiger partial charge >= 0.3 is 0 Å². The summed E-state index contributed by atoms with van der Waals surface area (Å²) in [4.78, 5) is 34.0. The van der Waals surface area contributed by atoms with Gasteiger partial charge in [0.15, 0.2) is 0 Å². The second-order valence-electron chi connectivity index (χ2n) is 3.86. The molecule has 0 aliphatic carbocycles. The maximum atomic E-state index is 11.6. The molecule has 0 aromatic carbocycles. The summed E-state index contributed by atoms with van der Waals surface area (Å²) < 4.78 is 0. The van der Waals surface area contributed by atoms with Crippen molar-refractivity contribution in [1.29, 1.82) is 0 Å². The first kappa shape index (κ1) is 15.6. The zero-order chi connectivity index (χ0) is 13.3. The van der Waals surface area contributed by atoms with E-state index in [2.05, 4.69) is 10.6 Å². The van der Waals surface area contributed by atoms with Crippen molar-refractivity contribution in [2.75, 3.05) is 13.1 Å². The molecule has 0 aromatic rings. The van der Waals surface area contributed by atoms with E-state index in [0.29, 0.717) is 25.9 Å². The first-order chi connectivity index (χ1) is 8.01. The van der Waals surface area contributed by atoms with Crippen LogP contribution in [0.4, 0.5) is 0 Å². The molecule has 0 spiro atoms. The molecule has 0 fully saturated rings. The van der Waals surface area contributed by atoms with Gasteiger partial charge in [0.05, 0.1) is 0 Å². The normalized spacial score (nSPS) is 11.7. The minimum absolute atomic E-state index is 0.00581. The molecule has 0 aromatic heterocycles. The average Bonchev–Trinajstić information content (AvgIpc) is 2.24. The van der Waals surface area contributed by atoms with Crippen LogP contribution in [0.25, 0.3) is 0 Å². The molecule has 0 rings (SSSR count). The van der Waals surface area contributed by atoms with Crippen LogP contribution < -0.4 is 16.4 Å². The lowest BCUT2D eigenvalue weighted by atomic mass is 10.1. The quantitative estimate of drug-likeness (QED) is 0.526. The zero-order valence-corrected chi connectivity index (χ0v) is 10.4. The average molecular weight is 243 g/mol. The van der Waals surface area contributed by atoms with Crippen molar-refractivity contribution in [2.24, 2.45) is 5.73 Å². The Labute approximate surface area is 101 Å². The lowest BCUT2D eigenvalue weighted by Crippen LogP contribution is -2.48. The third-order valence-electron chi connectivity index (χ3n) is 2.06. The number of Topliss-reactive ketones (excluding diaryl/α,β-unsaturated/α-hetero) is 1. The Morgan fingerprint density at radius 3 is 2.41 bits per heavy atom. The summed E-state index contributed by atoms with van der Waals surface area (Å²) in [5.74, 6) is -0.730. The van der Waals surface area contributed by atoms with E-state index in [1.165, 1.54) is 6.92 Å². The minimum atomic E-state index is -0.793. The molecule has 17 heavy (non-hydrogen) atoms. The standard InChI is InChI=1S/C11H21N3O3/c1-3-4-10(16)14-9(7-8(2)15)11(17)13-6-5-12/h9H,3-7,12H2,1-2H3,(H,13,17)(H,14,16). The van der Waals surface area contributed by atoms with Crippen LogP contribution in [0.5, 0.6) is 0 Å². The van der Waals surface area contributed by atoms with Crippen molar-refractivity contribution in [3.63, 3.8) is 0 Å². The fraction of sp³-hybridized carbons (Fsp3) is 0.727. The highest BCUT2D eigenvalue weighted by atomic mass is 16.2. The number of carbonyl (C=O) groups is 3. The summed E-state index contributed by atoms with van der Waals surface area (Å²) in [5, 5.41) is 5.10. The third kappa shape index (κ3) is 7.46. The van der Waals surface area contributed by atoms with E-state index in [-0.39, 0.29) is 24.0 Å². The van der Waals surface area contributed by atoms with E-state index < -0.39 is 6.04 Å². The topological polar surface area (TPSA) is 101 Å². The number of amides is 2. The first-order valence-electron chi connectivity index (χ1n) is 5.77. The van der Waals surface area contributed by atoms with E-state index in [0.717, 1.165) is 0 Å². The fourth-order valence-electron chi connectivity index (χ4n) is 1.31. The minimum Gasteiger partial charge on any atom is -0.353 e. The summed E-state index contributed by atoms with van der Waals surface area (Å²) in [7, 11) is 0. The van der Waals surface area contributed by atoms with Crippen molar-refractivity contribution >= 4 is 17.6 Å². The van der Waals surface area contributed by atoms with Crippen LogP contribution in [-0.4, -0.2) is 36.7 Å². The van der Waals surface area contributed by atoms with Crippen LogP contribution in [0.2, 0.25) is 0 Å². The molecule has 6 nitrogen and oxygen atoms in total. The molecule has 0 heterocycles. The van der Waals surface area contributed by atoms with E-state index in [9.17, 15) is 14.4 Å². The van der Waals surface area contributed by atoms with Crippen molar-refractivity contribution in [3.8, 4) is 0 Å². The van der Waals surface area contributed by atoms with Crippen LogP contribution in [0.15, 0.2) is 0 Å². The van der Waals surface area contributed by atoms with Crippen LogP contribution in [0.1, 0.15) is 33.1 Å². The maximum absolute atomic E-state index is 11.6. The number of carbonyl (C=O) groups excluding carboxylic acids is 3. The Balaban J connectivity index is 4.36. The van der Waals surface area contributed by atoms with Crippen molar-refractivity contribution in [1.82, 2.24) is 10.6 Å². The van der Waals surface area contributed by atoms with Crippen molar-refractivity contribution in [3.05, 3.63) is 0 Å². The van der Waals surface area contributed by atoms with E-state index in [1.807, 2.05) is 6.92 Å². The Morgan fingerprint density at radius 1 is 1.29 bits per heavy atom. The van der Waals surface area contributed by atoms with Crippen molar-refractivity contribution < 1.29 is 14.4 Å². The second-order valence-corrected chi connectivity index (χ2v) is 3.86. The molecule has 2 amide bonds. The van der Waals surface area contributed by atoms with Gasteiger partial charge in [-0.05, 0) is 13.3 Å². The van der Waals surface area contributed by atoms with Gasteiger partial charge in [-0.1, -0.05) is 6.92 Å². The summed E-state index contributed by atoms with van der Waals surface area (Å²) in [6.07, 6.45) is 1.05. The Hall–Kier alpha value is -1.43. The Kier molecular flexibility index (Phi) is 7.96. The number of ketones is 1. The van der Waals surface area contributed by atoms with Crippen LogP contribution >= 0.6 is 0 Å². The molecule has 4 N–H and O–H groups in total. The Bertz CT molecular complexity index is 279. The number of hydrogen-bond acceptors (Lipinski definition) is 4. The maximum Gasteiger partial charge on any atom is 0.243 e. The summed E-state index contributed by atoms with van der Waals surface area (Å²) >= 11 is 0. The predicted molar refractivity (Wildman–Crippen MR) is 64.2 cm³/mol. The molecule has 98 valence electrons. The number of nitrogens with one attached hydrogen (secondary N) is 2. The number of rotatable bonds is 8. The molecule has 0 radical (unpaired) electrons. The molecular formula is C11H21N3O3. The fourth-order valence-corrected chi connectivity index (χ4v) is 1.31. The summed E-state index contributed by atoms with van der Waals surface area (Å²) in [6.45, 7) is 3.90. The highest BCUT2D eigenvalue weighted by Gasteiger charge is 2.21. The van der Waals surface area contributed by atoms with Gasteiger partial charge in [-0.15, -0.1) is 0 Å². The summed E-state index contributed by atoms with van der Waals surface area (Å²) in [5.41, 5.74) is 5.26. The predicted octanol–water partition coefficient (Wildman–Crippen LogP) is -0.675. The lowest BCUT2D eigenvalue weighted by Gasteiger charge is -2.16. The molecule has 0 bridgehead atoms. The zero-order valence-electron chi connectivity index (χ0n) is 10.4.